The number of benzene rings is 2. The summed E-state index contributed by atoms with van der Waals surface area (Å²) in [5, 5.41) is 0. The summed E-state index contributed by atoms with van der Waals surface area (Å²) < 4.78 is 0. The zero-order valence-electron chi connectivity index (χ0n) is 11.6. The van der Waals surface area contributed by atoms with E-state index in [0.717, 1.165) is 0 Å². The Bertz CT molecular complexity index is 494. The van der Waals surface area contributed by atoms with Gasteiger partial charge in [0.1, 0.15) is 0 Å². The topological polar surface area (TPSA) is 3.24 Å². The van der Waals surface area contributed by atoms with Crippen LogP contribution in [0.1, 0.15) is 25.0 Å². The zero-order valence-corrected chi connectivity index (χ0v) is 11.6. The van der Waals surface area contributed by atoms with Crippen molar-refractivity contribution in [3.05, 3.63) is 59.7 Å². The molecule has 0 radical (unpaired) electrons. The van der Waals surface area contributed by atoms with Crippen molar-refractivity contribution in [1.29, 1.82) is 0 Å². The molecule has 0 fully saturated rings. The van der Waals surface area contributed by atoms with Crippen molar-refractivity contribution < 1.29 is 0 Å². The van der Waals surface area contributed by atoms with E-state index in [-0.39, 0.29) is 0 Å². The largest absolute Gasteiger partial charge is 0.339 e. The molecule has 1 nitrogen and oxygen atoms in total. The highest BCUT2D eigenvalue weighted by Gasteiger charge is 2.13. The summed E-state index contributed by atoms with van der Waals surface area (Å²) in [5.74, 6) is 0. The lowest BCUT2D eigenvalue weighted by Gasteiger charge is -2.29. The Labute approximate surface area is 110 Å². The van der Waals surface area contributed by atoms with Crippen LogP contribution in [-0.4, -0.2) is 6.04 Å². The number of anilines is 2. The first-order chi connectivity index (χ1) is 8.58. The van der Waals surface area contributed by atoms with Crippen LogP contribution in [-0.2, 0) is 0 Å². The first-order valence-electron chi connectivity index (χ1n) is 6.50. The Hall–Kier alpha value is -1.76. The first kappa shape index (κ1) is 12.7. The average molecular weight is 239 g/mol. The predicted octanol–water partition coefficient (Wildman–Crippen LogP) is 4.85. The van der Waals surface area contributed by atoms with Gasteiger partial charge in [0.2, 0.25) is 0 Å². The van der Waals surface area contributed by atoms with E-state index in [2.05, 4.69) is 81.1 Å². The van der Waals surface area contributed by atoms with Crippen LogP contribution in [0, 0.1) is 13.8 Å². The minimum absolute atomic E-state index is 0.439. The number of para-hydroxylation sites is 1. The fourth-order valence-corrected chi connectivity index (χ4v) is 2.42. The van der Waals surface area contributed by atoms with Gasteiger partial charge in [-0.3, -0.25) is 0 Å². The van der Waals surface area contributed by atoms with Gasteiger partial charge in [-0.1, -0.05) is 24.3 Å². The molecule has 0 amide bonds. The van der Waals surface area contributed by atoms with Crippen molar-refractivity contribution in [2.75, 3.05) is 4.90 Å². The third-order valence-electron chi connectivity index (χ3n) is 3.04. The summed E-state index contributed by atoms with van der Waals surface area (Å²) in [6, 6.07) is 17.7. The second-order valence-corrected chi connectivity index (χ2v) is 5.15. The summed E-state index contributed by atoms with van der Waals surface area (Å²) in [6.45, 7) is 8.76. The maximum Gasteiger partial charge on any atom is 0.0418 e. The Morgan fingerprint density at radius 3 is 1.83 bits per heavy atom. The van der Waals surface area contributed by atoms with Crippen LogP contribution in [0.4, 0.5) is 11.4 Å². The third-order valence-corrected chi connectivity index (χ3v) is 3.04. The Balaban J connectivity index is 2.48. The molecule has 0 atom stereocenters. The quantitative estimate of drug-likeness (QED) is 0.740. The van der Waals surface area contributed by atoms with E-state index < -0.39 is 0 Å². The fraction of sp³-hybridized carbons (Fsp3) is 0.294. The molecule has 1 heteroatoms. The van der Waals surface area contributed by atoms with Crippen LogP contribution in [0.25, 0.3) is 0 Å². The van der Waals surface area contributed by atoms with Gasteiger partial charge >= 0.3 is 0 Å². The predicted molar refractivity (Wildman–Crippen MR) is 79.6 cm³/mol. The third kappa shape index (κ3) is 2.73. The minimum atomic E-state index is 0.439. The molecule has 94 valence electrons. The van der Waals surface area contributed by atoms with Gasteiger partial charge in [-0.05, 0) is 63.1 Å². The number of nitrogens with zero attached hydrogens (tertiary/aromatic N) is 1. The van der Waals surface area contributed by atoms with Crippen LogP contribution >= 0.6 is 0 Å². The van der Waals surface area contributed by atoms with Gasteiger partial charge < -0.3 is 4.90 Å². The van der Waals surface area contributed by atoms with Gasteiger partial charge in [0.15, 0.2) is 0 Å². The number of aryl methyl sites for hydroxylation is 2. The van der Waals surface area contributed by atoms with Gasteiger partial charge in [-0.15, -0.1) is 0 Å². The van der Waals surface area contributed by atoms with Crippen molar-refractivity contribution >= 4 is 11.4 Å². The minimum Gasteiger partial charge on any atom is -0.339 e. The van der Waals surface area contributed by atoms with Crippen LogP contribution in [0.5, 0.6) is 0 Å². The lowest BCUT2D eigenvalue weighted by atomic mass is 10.1. The molecular weight excluding hydrogens is 218 g/mol. The molecular formula is C17H21N. The van der Waals surface area contributed by atoms with Crippen molar-refractivity contribution in [2.24, 2.45) is 0 Å². The first-order valence-corrected chi connectivity index (χ1v) is 6.50. The highest BCUT2D eigenvalue weighted by molar-refractivity contribution is 5.65. The summed E-state index contributed by atoms with van der Waals surface area (Å²) >= 11 is 0. The van der Waals surface area contributed by atoms with E-state index >= 15 is 0 Å². The molecule has 0 bridgehead atoms. The second kappa shape index (κ2) is 5.26. The highest BCUT2D eigenvalue weighted by Crippen LogP contribution is 2.29. The molecule has 18 heavy (non-hydrogen) atoms. The van der Waals surface area contributed by atoms with Crippen LogP contribution < -0.4 is 4.90 Å². The SMILES string of the molecule is Cc1cc(C)cc(N(c2ccccc2)C(C)C)c1. The molecule has 0 heterocycles. The molecule has 0 aliphatic heterocycles. The maximum atomic E-state index is 2.38. The number of hydrogen-bond donors (Lipinski definition) is 0. The van der Waals surface area contributed by atoms with Crippen molar-refractivity contribution in [3.63, 3.8) is 0 Å². The molecule has 0 spiro atoms. The van der Waals surface area contributed by atoms with Crippen molar-refractivity contribution in [1.82, 2.24) is 0 Å². The Kier molecular flexibility index (Phi) is 3.71. The second-order valence-electron chi connectivity index (χ2n) is 5.15. The standard InChI is InChI=1S/C17H21N/c1-13(2)18(16-8-6-5-7-9-16)17-11-14(3)10-15(4)12-17/h5-13H,1-4H3. The summed E-state index contributed by atoms with van der Waals surface area (Å²) in [4.78, 5) is 2.38. The van der Waals surface area contributed by atoms with E-state index in [9.17, 15) is 0 Å². The molecule has 0 unspecified atom stereocenters. The molecule has 2 aromatic carbocycles. The molecule has 0 saturated carbocycles. The maximum absolute atomic E-state index is 2.38. The van der Waals surface area contributed by atoms with Crippen molar-refractivity contribution in [2.45, 2.75) is 33.7 Å². The van der Waals surface area contributed by atoms with Gasteiger partial charge in [-0.2, -0.15) is 0 Å². The van der Waals surface area contributed by atoms with Gasteiger partial charge in [0, 0.05) is 17.4 Å². The molecule has 2 rings (SSSR count). The smallest absolute Gasteiger partial charge is 0.0418 e. The van der Waals surface area contributed by atoms with E-state index in [0.29, 0.717) is 6.04 Å². The van der Waals surface area contributed by atoms with Crippen LogP contribution in [0.15, 0.2) is 48.5 Å². The van der Waals surface area contributed by atoms with Gasteiger partial charge in [0.25, 0.3) is 0 Å². The van der Waals surface area contributed by atoms with Crippen LogP contribution in [0.3, 0.4) is 0 Å². The van der Waals surface area contributed by atoms with Gasteiger partial charge in [0.05, 0.1) is 0 Å². The summed E-state index contributed by atoms with van der Waals surface area (Å²) in [5.41, 5.74) is 5.14. The van der Waals surface area contributed by atoms with Crippen molar-refractivity contribution in [3.8, 4) is 0 Å². The lowest BCUT2D eigenvalue weighted by Crippen LogP contribution is -2.25. The van der Waals surface area contributed by atoms with E-state index in [1.54, 1.807) is 0 Å². The fourth-order valence-electron chi connectivity index (χ4n) is 2.42. The summed E-state index contributed by atoms with van der Waals surface area (Å²) in [6.07, 6.45) is 0. The van der Waals surface area contributed by atoms with E-state index in [1.807, 2.05) is 0 Å². The average Bonchev–Trinajstić information content (AvgIpc) is 2.28. The monoisotopic (exact) mass is 239 g/mol. The molecule has 0 aliphatic rings. The Morgan fingerprint density at radius 2 is 1.33 bits per heavy atom. The molecule has 0 N–H and O–H groups in total. The molecule has 0 aromatic heterocycles. The number of hydrogen-bond acceptors (Lipinski definition) is 1. The molecule has 0 saturated heterocycles. The number of rotatable bonds is 3. The van der Waals surface area contributed by atoms with Crippen LogP contribution in [0.2, 0.25) is 0 Å². The van der Waals surface area contributed by atoms with Gasteiger partial charge in [-0.25, -0.2) is 0 Å². The van der Waals surface area contributed by atoms with E-state index in [4.69, 9.17) is 0 Å². The molecule has 2 aromatic rings. The Morgan fingerprint density at radius 1 is 0.778 bits per heavy atom. The lowest BCUT2D eigenvalue weighted by molar-refractivity contribution is 0.788. The molecule has 0 aliphatic carbocycles. The van der Waals surface area contributed by atoms with E-state index in [1.165, 1.54) is 22.5 Å². The highest BCUT2D eigenvalue weighted by atomic mass is 15.2. The zero-order chi connectivity index (χ0) is 13.1. The normalized spacial score (nSPS) is 10.7. The summed E-state index contributed by atoms with van der Waals surface area (Å²) in [7, 11) is 0.